The van der Waals surface area contributed by atoms with Crippen LogP contribution in [0.5, 0.6) is 0 Å². The lowest BCUT2D eigenvalue weighted by Crippen LogP contribution is -2.42. The molecule has 0 aliphatic carbocycles. The summed E-state index contributed by atoms with van der Waals surface area (Å²) in [5.41, 5.74) is 2.03. The third-order valence-electron chi connectivity index (χ3n) is 3.30. The van der Waals surface area contributed by atoms with Gasteiger partial charge < -0.3 is 10.6 Å². The first kappa shape index (κ1) is 12.1. The summed E-state index contributed by atoms with van der Waals surface area (Å²) in [6, 6.07) is 8.20. The summed E-state index contributed by atoms with van der Waals surface area (Å²) in [6.45, 7) is 4.11. The number of carbonyl (C=O) groups is 1. The number of piperidine rings is 1. The standard InChI is InChI=1S/C14H20N2O/c1-2-11-3-5-12(6-4-11)14(17)16-13-7-9-15-10-8-13/h3-6,13,15H,2,7-10H2,1H3,(H,16,17). The van der Waals surface area contributed by atoms with E-state index in [2.05, 4.69) is 17.6 Å². The number of carbonyl (C=O) groups excluding carboxylic acids is 1. The highest BCUT2D eigenvalue weighted by Crippen LogP contribution is 2.07. The van der Waals surface area contributed by atoms with Crippen LogP contribution >= 0.6 is 0 Å². The zero-order chi connectivity index (χ0) is 12.1. The van der Waals surface area contributed by atoms with Crippen molar-refractivity contribution in [3.63, 3.8) is 0 Å². The molecule has 1 amide bonds. The van der Waals surface area contributed by atoms with E-state index in [0.29, 0.717) is 6.04 Å². The first-order chi connectivity index (χ1) is 8.29. The van der Waals surface area contributed by atoms with E-state index in [0.717, 1.165) is 37.9 Å². The number of hydrogen-bond acceptors (Lipinski definition) is 2. The maximum Gasteiger partial charge on any atom is 0.251 e. The molecule has 0 radical (unpaired) electrons. The maximum absolute atomic E-state index is 12.0. The summed E-state index contributed by atoms with van der Waals surface area (Å²) in [5, 5.41) is 6.39. The van der Waals surface area contributed by atoms with Crippen molar-refractivity contribution in [1.82, 2.24) is 10.6 Å². The summed E-state index contributed by atoms with van der Waals surface area (Å²) < 4.78 is 0. The van der Waals surface area contributed by atoms with Crippen LogP contribution in [0.1, 0.15) is 35.7 Å². The smallest absolute Gasteiger partial charge is 0.251 e. The van der Waals surface area contributed by atoms with Gasteiger partial charge in [-0.15, -0.1) is 0 Å². The monoisotopic (exact) mass is 232 g/mol. The number of amides is 1. The quantitative estimate of drug-likeness (QED) is 0.833. The molecular formula is C14H20N2O. The van der Waals surface area contributed by atoms with Crippen LogP contribution in [-0.4, -0.2) is 25.0 Å². The summed E-state index contributed by atoms with van der Waals surface area (Å²) in [4.78, 5) is 12.0. The molecule has 0 aromatic heterocycles. The van der Waals surface area contributed by atoms with Gasteiger partial charge in [-0.2, -0.15) is 0 Å². The molecule has 1 aromatic carbocycles. The zero-order valence-electron chi connectivity index (χ0n) is 10.3. The molecule has 1 saturated heterocycles. The molecule has 3 nitrogen and oxygen atoms in total. The van der Waals surface area contributed by atoms with E-state index in [9.17, 15) is 4.79 Å². The molecule has 17 heavy (non-hydrogen) atoms. The van der Waals surface area contributed by atoms with E-state index < -0.39 is 0 Å². The van der Waals surface area contributed by atoms with Crippen molar-refractivity contribution < 1.29 is 4.79 Å². The van der Waals surface area contributed by atoms with Crippen molar-refractivity contribution in [3.05, 3.63) is 35.4 Å². The molecule has 1 aromatic rings. The van der Waals surface area contributed by atoms with Gasteiger partial charge in [0.2, 0.25) is 0 Å². The maximum atomic E-state index is 12.0. The van der Waals surface area contributed by atoms with Gasteiger partial charge in [0.15, 0.2) is 0 Å². The second-order valence-corrected chi connectivity index (χ2v) is 4.55. The van der Waals surface area contributed by atoms with Crippen molar-refractivity contribution in [3.8, 4) is 0 Å². The van der Waals surface area contributed by atoms with Crippen LogP contribution in [0.15, 0.2) is 24.3 Å². The van der Waals surface area contributed by atoms with Gasteiger partial charge >= 0.3 is 0 Å². The molecule has 3 heteroatoms. The summed E-state index contributed by atoms with van der Waals surface area (Å²) in [7, 11) is 0. The summed E-state index contributed by atoms with van der Waals surface area (Å²) >= 11 is 0. The first-order valence-electron chi connectivity index (χ1n) is 6.40. The van der Waals surface area contributed by atoms with Crippen LogP contribution in [0.25, 0.3) is 0 Å². The van der Waals surface area contributed by atoms with Crippen LogP contribution in [0.2, 0.25) is 0 Å². The van der Waals surface area contributed by atoms with Gasteiger partial charge in [0, 0.05) is 11.6 Å². The van der Waals surface area contributed by atoms with Gasteiger partial charge in [-0.25, -0.2) is 0 Å². The predicted molar refractivity (Wildman–Crippen MR) is 69.2 cm³/mol. The Morgan fingerprint density at radius 3 is 2.53 bits per heavy atom. The third-order valence-corrected chi connectivity index (χ3v) is 3.30. The highest BCUT2D eigenvalue weighted by molar-refractivity contribution is 5.94. The highest BCUT2D eigenvalue weighted by atomic mass is 16.1. The minimum Gasteiger partial charge on any atom is -0.349 e. The summed E-state index contributed by atoms with van der Waals surface area (Å²) in [6.07, 6.45) is 3.06. The fraction of sp³-hybridized carbons (Fsp3) is 0.500. The van der Waals surface area contributed by atoms with Crippen LogP contribution in [0.3, 0.4) is 0 Å². The lowest BCUT2D eigenvalue weighted by molar-refractivity contribution is 0.0929. The van der Waals surface area contributed by atoms with Gasteiger partial charge in [-0.05, 0) is 50.0 Å². The number of hydrogen-bond donors (Lipinski definition) is 2. The van der Waals surface area contributed by atoms with E-state index in [4.69, 9.17) is 0 Å². The van der Waals surface area contributed by atoms with Crippen molar-refractivity contribution in [2.24, 2.45) is 0 Å². The van der Waals surface area contributed by atoms with E-state index in [1.807, 2.05) is 24.3 Å². The Morgan fingerprint density at radius 2 is 1.94 bits per heavy atom. The predicted octanol–water partition coefficient (Wildman–Crippen LogP) is 1.73. The molecule has 92 valence electrons. The van der Waals surface area contributed by atoms with E-state index >= 15 is 0 Å². The lowest BCUT2D eigenvalue weighted by Gasteiger charge is -2.23. The SMILES string of the molecule is CCc1ccc(C(=O)NC2CCNCC2)cc1. The second-order valence-electron chi connectivity index (χ2n) is 4.55. The average Bonchev–Trinajstić information content (AvgIpc) is 2.40. The van der Waals surface area contributed by atoms with Gasteiger partial charge in [-0.3, -0.25) is 4.79 Å². The topological polar surface area (TPSA) is 41.1 Å². The largest absolute Gasteiger partial charge is 0.349 e. The third kappa shape index (κ3) is 3.30. The van der Waals surface area contributed by atoms with Crippen LogP contribution < -0.4 is 10.6 Å². The van der Waals surface area contributed by atoms with Gasteiger partial charge in [-0.1, -0.05) is 19.1 Å². The Kier molecular flexibility index (Phi) is 4.15. The molecule has 1 aliphatic heterocycles. The molecule has 1 aliphatic rings. The minimum atomic E-state index is 0.0551. The fourth-order valence-electron chi connectivity index (χ4n) is 2.13. The molecule has 0 spiro atoms. The van der Waals surface area contributed by atoms with Gasteiger partial charge in [0.05, 0.1) is 0 Å². The molecule has 0 atom stereocenters. The Labute approximate surface area is 103 Å². The Morgan fingerprint density at radius 1 is 1.29 bits per heavy atom. The summed E-state index contributed by atoms with van der Waals surface area (Å²) in [5.74, 6) is 0.0551. The Hall–Kier alpha value is -1.35. The molecule has 1 fully saturated rings. The number of benzene rings is 1. The Balaban J connectivity index is 1.93. The van der Waals surface area contributed by atoms with Gasteiger partial charge in [0.25, 0.3) is 5.91 Å². The fourth-order valence-corrected chi connectivity index (χ4v) is 2.13. The molecular weight excluding hydrogens is 212 g/mol. The van der Waals surface area contributed by atoms with Crippen molar-refractivity contribution in [2.45, 2.75) is 32.2 Å². The highest BCUT2D eigenvalue weighted by Gasteiger charge is 2.15. The first-order valence-corrected chi connectivity index (χ1v) is 6.40. The van der Waals surface area contributed by atoms with Crippen molar-refractivity contribution >= 4 is 5.91 Å². The molecule has 0 bridgehead atoms. The zero-order valence-corrected chi connectivity index (χ0v) is 10.3. The lowest BCUT2D eigenvalue weighted by atomic mass is 10.1. The molecule has 1 heterocycles. The Bertz CT molecular complexity index is 366. The van der Waals surface area contributed by atoms with Crippen LogP contribution in [-0.2, 0) is 6.42 Å². The van der Waals surface area contributed by atoms with Crippen LogP contribution in [0.4, 0.5) is 0 Å². The molecule has 0 unspecified atom stereocenters. The van der Waals surface area contributed by atoms with Gasteiger partial charge in [0.1, 0.15) is 0 Å². The van der Waals surface area contributed by atoms with Crippen molar-refractivity contribution in [2.75, 3.05) is 13.1 Å². The normalized spacial score (nSPS) is 16.8. The minimum absolute atomic E-state index is 0.0551. The molecule has 2 rings (SSSR count). The average molecular weight is 232 g/mol. The van der Waals surface area contributed by atoms with E-state index in [1.54, 1.807) is 0 Å². The van der Waals surface area contributed by atoms with E-state index in [-0.39, 0.29) is 5.91 Å². The second kappa shape index (κ2) is 5.82. The number of aryl methyl sites for hydroxylation is 1. The van der Waals surface area contributed by atoms with Crippen LogP contribution in [0, 0.1) is 0 Å². The molecule has 0 saturated carbocycles. The molecule has 2 N–H and O–H groups in total. The number of nitrogens with one attached hydrogen (secondary N) is 2. The van der Waals surface area contributed by atoms with E-state index in [1.165, 1.54) is 5.56 Å². The number of rotatable bonds is 3. The van der Waals surface area contributed by atoms with Crippen molar-refractivity contribution in [1.29, 1.82) is 0 Å².